The standard InChI is InChI=1S/C12H17N5O2/c1-7-8(2)19-5-4-17(7)12-14-10-9(11(18)15-12)6-13-16(10)3/h6-8H,4-5H2,1-3H3,(H,14,15,18). The van der Waals surface area contributed by atoms with E-state index in [2.05, 4.69) is 26.9 Å². The number of aromatic amines is 1. The summed E-state index contributed by atoms with van der Waals surface area (Å²) in [7, 11) is 1.78. The molecule has 3 heterocycles. The van der Waals surface area contributed by atoms with E-state index in [0.717, 1.165) is 6.54 Å². The molecule has 2 aromatic rings. The average molecular weight is 263 g/mol. The summed E-state index contributed by atoms with van der Waals surface area (Å²) < 4.78 is 7.20. The highest BCUT2D eigenvalue weighted by Gasteiger charge is 2.27. The molecule has 0 saturated carbocycles. The van der Waals surface area contributed by atoms with Crippen LogP contribution < -0.4 is 10.5 Å². The number of nitrogens with one attached hydrogen (secondary N) is 1. The van der Waals surface area contributed by atoms with Crippen LogP contribution in [0.5, 0.6) is 0 Å². The summed E-state index contributed by atoms with van der Waals surface area (Å²) in [5.41, 5.74) is 0.449. The fourth-order valence-electron chi connectivity index (χ4n) is 2.39. The number of morpholine rings is 1. The molecule has 0 amide bonds. The van der Waals surface area contributed by atoms with Crippen LogP contribution in [0.2, 0.25) is 0 Å². The van der Waals surface area contributed by atoms with Gasteiger partial charge in [-0.15, -0.1) is 0 Å². The van der Waals surface area contributed by atoms with Gasteiger partial charge in [0.15, 0.2) is 5.65 Å². The van der Waals surface area contributed by atoms with Crippen LogP contribution in [0.1, 0.15) is 13.8 Å². The Bertz CT molecular complexity index is 662. The predicted molar refractivity (Wildman–Crippen MR) is 71.4 cm³/mol. The number of aryl methyl sites for hydroxylation is 1. The van der Waals surface area contributed by atoms with E-state index < -0.39 is 0 Å². The molecule has 0 aromatic carbocycles. The molecule has 7 heteroatoms. The molecule has 102 valence electrons. The maximum atomic E-state index is 12.0. The highest BCUT2D eigenvalue weighted by atomic mass is 16.5. The lowest BCUT2D eigenvalue weighted by Gasteiger charge is -2.38. The molecule has 1 aliphatic heterocycles. The van der Waals surface area contributed by atoms with E-state index in [1.807, 2.05) is 6.92 Å². The number of anilines is 1. The smallest absolute Gasteiger partial charge is 0.263 e. The van der Waals surface area contributed by atoms with Crippen molar-refractivity contribution in [3.63, 3.8) is 0 Å². The lowest BCUT2D eigenvalue weighted by Crippen LogP contribution is -2.49. The summed E-state index contributed by atoms with van der Waals surface area (Å²) in [6.07, 6.45) is 1.65. The predicted octanol–water partition coefficient (Wildman–Crippen LogP) is 0.270. The van der Waals surface area contributed by atoms with Crippen molar-refractivity contribution in [3.05, 3.63) is 16.6 Å². The molecule has 2 unspecified atom stereocenters. The zero-order valence-electron chi connectivity index (χ0n) is 11.3. The van der Waals surface area contributed by atoms with E-state index in [9.17, 15) is 4.79 Å². The van der Waals surface area contributed by atoms with Crippen molar-refractivity contribution in [2.45, 2.75) is 26.0 Å². The minimum atomic E-state index is -0.153. The maximum absolute atomic E-state index is 12.0. The van der Waals surface area contributed by atoms with Crippen LogP contribution in [0, 0.1) is 0 Å². The molecule has 2 atom stereocenters. The summed E-state index contributed by atoms with van der Waals surface area (Å²) in [6.45, 7) is 5.45. The molecular weight excluding hydrogens is 246 g/mol. The molecule has 1 aliphatic rings. The van der Waals surface area contributed by atoms with Gasteiger partial charge in [-0.3, -0.25) is 14.5 Å². The van der Waals surface area contributed by atoms with E-state index in [1.165, 1.54) is 6.20 Å². The van der Waals surface area contributed by atoms with Crippen molar-refractivity contribution in [1.82, 2.24) is 19.7 Å². The zero-order valence-corrected chi connectivity index (χ0v) is 11.3. The normalized spacial score (nSPS) is 24.1. The van der Waals surface area contributed by atoms with Gasteiger partial charge in [-0.05, 0) is 13.8 Å². The van der Waals surface area contributed by atoms with Gasteiger partial charge in [0.2, 0.25) is 5.95 Å². The first-order valence-corrected chi connectivity index (χ1v) is 6.38. The highest BCUT2D eigenvalue weighted by molar-refractivity contribution is 5.74. The summed E-state index contributed by atoms with van der Waals surface area (Å²) in [5, 5.41) is 4.58. The first kappa shape index (κ1) is 12.2. The Balaban J connectivity index is 2.09. The monoisotopic (exact) mass is 263 g/mol. The minimum Gasteiger partial charge on any atom is -0.375 e. The van der Waals surface area contributed by atoms with Gasteiger partial charge in [-0.1, -0.05) is 0 Å². The van der Waals surface area contributed by atoms with E-state index in [-0.39, 0.29) is 17.7 Å². The van der Waals surface area contributed by atoms with Crippen LogP contribution in [0.4, 0.5) is 5.95 Å². The van der Waals surface area contributed by atoms with Crippen molar-refractivity contribution in [2.24, 2.45) is 7.05 Å². The van der Waals surface area contributed by atoms with Gasteiger partial charge in [-0.25, -0.2) is 0 Å². The van der Waals surface area contributed by atoms with Crippen LogP contribution in [0.3, 0.4) is 0 Å². The molecule has 0 spiro atoms. The Morgan fingerprint density at radius 3 is 3.05 bits per heavy atom. The molecule has 1 saturated heterocycles. The number of ether oxygens (including phenoxy) is 1. The van der Waals surface area contributed by atoms with Gasteiger partial charge >= 0.3 is 0 Å². The Kier molecular flexibility index (Phi) is 2.78. The van der Waals surface area contributed by atoms with Crippen molar-refractivity contribution in [2.75, 3.05) is 18.1 Å². The average Bonchev–Trinajstić information content (AvgIpc) is 2.75. The lowest BCUT2D eigenvalue weighted by atomic mass is 10.1. The van der Waals surface area contributed by atoms with Crippen LogP contribution in [0.15, 0.2) is 11.0 Å². The molecule has 19 heavy (non-hydrogen) atoms. The third kappa shape index (κ3) is 1.90. The quantitative estimate of drug-likeness (QED) is 0.799. The number of aromatic nitrogens is 4. The maximum Gasteiger partial charge on any atom is 0.263 e. The number of rotatable bonds is 1. The molecule has 2 aromatic heterocycles. The Morgan fingerprint density at radius 2 is 2.26 bits per heavy atom. The second-order valence-corrected chi connectivity index (χ2v) is 4.90. The molecule has 1 fully saturated rings. The van der Waals surface area contributed by atoms with Crippen molar-refractivity contribution < 1.29 is 4.74 Å². The van der Waals surface area contributed by atoms with E-state index in [4.69, 9.17) is 4.74 Å². The number of fused-ring (bicyclic) bond motifs is 1. The molecule has 0 aliphatic carbocycles. The van der Waals surface area contributed by atoms with Crippen LogP contribution in [0.25, 0.3) is 11.0 Å². The summed E-state index contributed by atoms with van der Waals surface area (Å²) in [5.74, 6) is 0.587. The van der Waals surface area contributed by atoms with E-state index >= 15 is 0 Å². The van der Waals surface area contributed by atoms with E-state index in [0.29, 0.717) is 23.6 Å². The molecule has 7 nitrogen and oxygen atoms in total. The van der Waals surface area contributed by atoms with E-state index in [1.54, 1.807) is 11.7 Å². The van der Waals surface area contributed by atoms with Crippen molar-refractivity contribution in [1.29, 1.82) is 0 Å². The topological polar surface area (TPSA) is 76.0 Å². The number of hydrogen-bond donors (Lipinski definition) is 1. The number of hydrogen-bond acceptors (Lipinski definition) is 5. The first-order valence-electron chi connectivity index (χ1n) is 6.38. The molecule has 0 radical (unpaired) electrons. The fraction of sp³-hybridized carbons (Fsp3) is 0.583. The Labute approximate surface area is 110 Å². The second-order valence-electron chi connectivity index (χ2n) is 4.90. The van der Waals surface area contributed by atoms with Crippen LogP contribution in [-0.2, 0) is 11.8 Å². The molecular formula is C12H17N5O2. The summed E-state index contributed by atoms with van der Waals surface area (Å²) in [4.78, 5) is 21.5. The lowest BCUT2D eigenvalue weighted by molar-refractivity contribution is 0.0278. The van der Waals surface area contributed by atoms with Crippen LogP contribution in [-0.4, -0.2) is 45.0 Å². The fourth-order valence-corrected chi connectivity index (χ4v) is 2.39. The highest BCUT2D eigenvalue weighted by Crippen LogP contribution is 2.19. The number of H-pyrrole nitrogens is 1. The molecule has 0 bridgehead atoms. The molecule has 1 N–H and O–H groups in total. The Hall–Kier alpha value is -1.89. The van der Waals surface area contributed by atoms with Crippen LogP contribution >= 0.6 is 0 Å². The largest absolute Gasteiger partial charge is 0.375 e. The third-order valence-corrected chi connectivity index (χ3v) is 3.75. The van der Waals surface area contributed by atoms with Crippen molar-refractivity contribution in [3.8, 4) is 0 Å². The second kappa shape index (κ2) is 4.34. The van der Waals surface area contributed by atoms with Gasteiger partial charge in [0, 0.05) is 13.6 Å². The molecule has 3 rings (SSSR count). The van der Waals surface area contributed by atoms with Gasteiger partial charge < -0.3 is 9.64 Å². The minimum absolute atomic E-state index is 0.112. The zero-order chi connectivity index (χ0) is 13.6. The van der Waals surface area contributed by atoms with Gasteiger partial charge in [0.1, 0.15) is 5.39 Å². The first-order chi connectivity index (χ1) is 9.08. The third-order valence-electron chi connectivity index (χ3n) is 3.75. The van der Waals surface area contributed by atoms with Crippen molar-refractivity contribution >= 4 is 17.0 Å². The summed E-state index contributed by atoms with van der Waals surface area (Å²) >= 11 is 0. The summed E-state index contributed by atoms with van der Waals surface area (Å²) in [6, 6.07) is 0.169. The SMILES string of the molecule is CC1OCCN(c2nc3c(cnn3C)c(=O)[nH]2)C1C. The van der Waals surface area contributed by atoms with Gasteiger partial charge in [0.25, 0.3) is 5.56 Å². The van der Waals surface area contributed by atoms with Gasteiger partial charge in [0.05, 0.1) is 24.9 Å². The Morgan fingerprint density at radius 1 is 1.47 bits per heavy atom. The van der Waals surface area contributed by atoms with Gasteiger partial charge in [-0.2, -0.15) is 10.1 Å². The number of nitrogens with zero attached hydrogens (tertiary/aromatic N) is 4.